The van der Waals surface area contributed by atoms with Gasteiger partial charge in [0.05, 0.1) is 11.1 Å². The molecule has 2 N–H and O–H groups in total. The lowest BCUT2D eigenvalue weighted by atomic mass is 10.1. The van der Waals surface area contributed by atoms with Crippen LogP contribution >= 0.6 is 22.9 Å². The van der Waals surface area contributed by atoms with Gasteiger partial charge in [0.15, 0.2) is 0 Å². The number of nitrogens with two attached hydrogens (primary N) is 1. The van der Waals surface area contributed by atoms with Crippen LogP contribution in [-0.4, -0.2) is 49.1 Å². The molecule has 2 rings (SSSR count). The Kier molecular flexibility index (Phi) is 4.44. The molecule has 0 saturated carbocycles. The van der Waals surface area contributed by atoms with Crippen LogP contribution in [0.4, 0.5) is 0 Å². The van der Waals surface area contributed by atoms with E-state index in [0.717, 1.165) is 24.7 Å². The number of thiophene rings is 1. The maximum absolute atomic E-state index is 6.00. The van der Waals surface area contributed by atoms with Gasteiger partial charge in [-0.1, -0.05) is 11.6 Å². The zero-order valence-electron chi connectivity index (χ0n) is 10.4. The highest BCUT2D eigenvalue weighted by atomic mass is 35.5. The summed E-state index contributed by atoms with van der Waals surface area (Å²) in [6.07, 6.45) is 0. The predicted octanol–water partition coefficient (Wildman–Crippen LogP) is 2.04. The van der Waals surface area contributed by atoms with Crippen molar-refractivity contribution in [1.29, 1.82) is 0 Å². The maximum atomic E-state index is 6.00. The van der Waals surface area contributed by atoms with Crippen LogP contribution in [0.2, 0.25) is 5.02 Å². The molecule has 2 atom stereocenters. The van der Waals surface area contributed by atoms with Crippen molar-refractivity contribution >= 4 is 22.9 Å². The van der Waals surface area contributed by atoms with Crippen molar-refractivity contribution < 1.29 is 0 Å². The molecule has 5 heteroatoms. The zero-order chi connectivity index (χ0) is 12.4. The molecule has 17 heavy (non-hydrogen) atoms. The Balaban J connectivity index is 2.13. The van der Waals surface area contributed by atoms with Crippen molar-refractivity contribution in [2.75, 3.05) is 33.2 Å². The maximum Gasteiger partial charge on any atom is 0.0568 e. The zero-order valence-corrected chi connectivity index (χ0v) is 12.0. The Morgan fingerprint density at radius 2 is 2.35 bits per heavy atom. The van der Waals surface area contributed by atoms with Gasteiger partial charge in [-0.25, -0.2) is 0 Å². The summed E-state index contributed by atoms with van der Waals surface area (Å²) in [5, 5.41) is 2.81. The van der Waals surface area contributed by atoms with Crippen molar-refractivity contribution in [3.05, 3.63) is 21.3 Å². The van der Waals surface area contributed by atoms with Gasteiger partial charge in [0.2, 0.25) is 0 Å². The number of nitrogens with zero attached hydrogens (tertiary/aromatic N) is 2. The second-order valence-corrected chi connectivity index (χ2v) is 6.15. The Morgan fingerprint density at radius 3 is 2.88 bits per heavy atom. The average molecular weight is 274 g/mol. The molecule has 0 radical (unpaired) electrons. The van der Waals surface area contributed by atoms with E-state index in [1.54, 1.807) is 11.3 Å². The highest BCUT2D eigenvalue weighted by molar-refractivity contribution is 7.10. The normalized spacial score (nSPS) is 25.1. The van der Waals surface area contributed by atoms with Crippen LogP contribution in [0, 0.1) is 0 Å². The summed E-state index contributed by atoms with van der Waals surface area (Å²) >= 11 is 7.71. The van der Waals surface area contributed by atoms with Gasteiger partial charge >= 0.3 is 0 Å². The second-order valence-electron chi connectivity index (χ2n) is 4.77. The van der Waals surface area contributed by atoms with Crippen molar-refractivity contribution in [3.63, 3.8) is 0 Å². The number of likely N-dealkylation sites (N-methyl/N-ethyl adjacent to an activating group) is 1. The fourth-order valence-corrected chi connectivity index (χ4v) is 3.75. The molecule has 0 aliphatic carbocycles. The topological polar surface area (TPSA) is 32.5 Å². The molecule has 3 nitrogen and oxygen atoms in total. The van der Waals surface area contributed by atoms with Gasteiger partial charge in [0.1, 0.15) is 0 Å². The van der Waals surface area contributed by atoms with Crippen molar-refractivity contribution in [1.82, 2.24) is 9.80 Å². The number of hydrogen-bond donors (Lipinski definition) is 1. The number of hydrogen-bond acceptors (Lipinski definition) is 4. The first kappa shape index (κ1) is 13.3. The Bertz CT molecular complexity index is 368. The SMILES string of the molecule is CC1CN(C)CCN1C(CN)c1cc(Cl)cs1. The van der Waals surface area contributed by atoms with Gasteiger partial charge in [-0.3, -0.25) is 4.90 Å². The van der Waals surface area contributed by atoms with Crippen LogP contribution in [0.3, 0.4) is 0 Å². The molecule has 0 bridgehead atoms. The molecule has 1 aromatic heterocycles. The third-order valence-corrected chi connectivity index (χ3v) is 4.80. The lowest BCUT2D eigenvalue weighted by molar-refractivity contribution is 0.0648. The van der Waals surface area contributed by atoms with Crippen molar-refractivity contribution in [2.45, 2.75) is 19.0 Å². The molecule has 0 amide bonds. The van der Waals surface area contributed by atoms with Gasteiger partial charge in [-0.05, 0) is 20.0 Å². The van der Waals surface area contributed by atoms with Crippen LogP contribution in [0.5, 0.6) is 0 Å². The average Bonchev–Trinajstić information content (AvgIpc) is 2.69. The van der Waals surface area contributed by atoms with Gasteiger partial charge in [0.25, 0.3) is 0 Å². The molecule has 1 fully saturated rings. The summed E-state index contributed by atoms with van der Waals surface area (Å²) in [4.78, 5) is 6.16. The molecule has 0 spiro atoms. The van der Waals surface area contributed by atoms with Crippen LogP contribution in [-0.2, 0) is 0 Å². The monoisotopic (exact) mass is 273 g/mol. The van der Waals surface area contributed by atoms with Crippen LogP contribution in [0.25, 0.3) is 0 Å². The van der Waals surface area contributed by atoms with E-state index in [9.17, 15) is 0 Å². The summed E-state index contributed by atoms with van der Waals surface area (Å²) in [5.41, 5.74) is 5.95. The minimum Gasteiger partial charge on any atom is -0.329 e. The molecule has 1 aliphatic rings. The number of halogens is 1. The minimum atomic E-state index is 0.316. The fourth-order valence-electron chi connectivity index (χ4n) is 2.53. The Labute approximate surface area is 112 Å². The van der Waals surface area contributed by atoms with Gasteiger partial charge in [-0.2, -0.15) is 0 Å². The number of piperazine rings is 1. The molecule has 0 aromatic carbocycles. The standard InChI is InChI=1S/C12H20ClN3S/c1-9-7-15(2)3-4-16(9)11(6-14)12-5-10(13)8-17-12/h5,8-9,11H,3-4,6-7,14H2,1-2H3. The third kappa shape index (κ3) is 3.01. The molecule has 2 heterocycles. The fraction of sp³-hybridized carbons (Fsp3) is 0.667. The highest BCUT2D eigenvalue weighted by Gasteiger charge is 2.28. The van der Waals surface area contributed by atoms with E-state index in [0.29, 0.717) is 18.6 Å². The third-order valence-electron chi connectivity index (χ3n) is 3.42. The summed E-state index contributed by atoms with van der Waals surface area (Å²) in [7, 11) is 2.17. The van der Waals surface area contributed by atoms with E-state index < -0.39 is 0 Å². The summed E-state index contributed by atoms with van der Waals surface area (Å²) < 4.78 is 0. The van der Waals surface area contributed by atoms with E-state index in [4.69, 9.17) is 17.3 Å². The van der Waals surface area contributed by atoms with Crippen molar-refractivity contribution in [2.24, 2.45) is 5.73 Å². The largest absolute Gasteiger partial charge is 0.329 e. The van der Waals surface area contributed by atoms with Gasteiger partial charge in [-0.15, -0.1) is 11.3 Å². The molecule has 96 valence electrons. The quantitative estimate of drug-likeness (QED) is 0.915. The predicted molar refractivity (Wildman–Crippen MR) is 74.8 cm³/mol. The first-order chi connectivity index (χ1) is 8.11. The van der Waals surface area contributed by atoms with E-state index in [2.05, 4.69) is 29.8 Å². The number of rotatable bonds is 3. The molecular weight excluding hydrogens is 254 g/mol. The lowest BCUT2D eigenvalue weighted by Crippen LogP contribution is -2.52. The first-order valence-electron chi connectivity index (χ1n) is 6.00. The second kappa shape index (κ2) is 5.67. The smallest absolute Gasteiger partial charge is 0.0568 e. The van der Waals surface area contributed by atoms with E-state index in [-0.39, 0.29) is 0 Å². The minimum absolute atomic E-state index is 0.316. The van der Waals surface area contributed by atoms with Gasteiger partial charge < -0.3 is 10.6 Å². The molecule has 1 saturated heterocycles. The molecular formula is C12H20ClN3S. The summed E-state index contributed by atoms with van der Waals surface area (Å²) in [6.45, 7) is 6.23. The summed E-state index contributed by atoms with van der Waals surface area (Å²) in [5.74, 6) is 0. The Morgan fingerprint density at radius 1 is 1.59 bits per heavy atom. The molecule has 1 aliphatic heterocycles. The molecule has 1 aromatic rings. The van der Waals surface area contributed by atoms with Crippen LogP contribution in [0.15, 0.2) is 11.4 Å². The highest BCUT2D eigenvalue weighted by Crippen LogP contribution is 2.30. The van der Waals surface area contributed by atoms with Crippen LogP contribution in [0.1, 0.15) is 17.8 Å². The van der Waals surface area contributed by atoms with E-state index >= 15 is 0 Å². The molecule has 2 unspecified atom stereocenters. The van der Waals surface area contributed by atoms with Gasteiger partial charge in [0, 0.05) is 42.5 Å². The van der Waals surface area contributed by atoms with E-state index in [1.807, 2.05) is 5.38 Å². The summed E-state index contributed by atoms with van der Waals surface area (Å²) in [6, 6.07) is 2.91. The van der Waals surface area contributed by atoms with E-state index in [1.165, 1.54) is 4.88 Å². The van der Waals surface area contributed by atoms with Crippen molar-refractivity contribution in [3.8, 4) is 0 Å². The lowest BCUT2D eigenvalue weighted by Gasteiger charge is -2.42. The van der Waals surface area contributed by atoms with Crippen LogP contribution < -0.4 is 5.73 Å². The Hall–Kier alpha value is -0.130. The first-order valence-corrected chi connectivity index (χ1v) is 7.26.